The van der Waals surface area contributed by atoms with E-state index in [1.807, 2.05) is 36.4 Å². The smallest absolute Gasteiger partial charge is 0.257 e. The number of carbonyl (C=O) groups excluding carboxylic acids is 1. The summed E-state index contributed by atoms with van der Waals surface area (Å²) in [5.41, 5.74) is 1.32. The minimum atomic E-state index is -0.149. The lowest BCUT2D eigenvalue weighted by Crippen LogP contribution is -2.30. The van der Waals surface area contributed by atoms with E-state index in [9.17, 15) is 4.79 Å². The summed E-state index contributed by atoms with van der Waals surface area (Å²) in [6.45, 7) is 2.10. The highest BCUT2D eigenvalue weighted by molar-refractivity contribution is 9.10. The second kappa shape index (κ2) is 6.92. The molecule has 1 aliphatic heterocycles. The third kappa shape index (κ3) is 3.47. The van der Waals surface area contributed by atoms with Gasteiger partial charge in [-0.05, 0) is 59.5 Å². The number of aromatic nitrogens is 1. The van der Waals surface area contributed by atoms with E-state index in [0.717, 1.165) is 29.1 Å². The molecule has 0 radical (unpaired) electrons. The van der Waals surface area contributed by atoms with Crippen molar-refractivity contribution in [1.82, 2.24) is 4.98 Å². The molecule has 2 aromatic rings. The van der Waals surface area contributed by atoms with Crippen molar-refractivity contribution in [2.45, 2.75) is 19.3 Å². The molecule has 1 aromatic carbocycles. The van der Waals surface area contributed by atoms with Crippen molar-refractivity contribution >= 4 is 33.3 Å². The van der Waals surface area contributed by atoms with Gasteiger partial charge >= 0.3 is 0 Å². The van der Waals surface area contributed by atoms with E-state index in [4.69, 9.17) is 0 Å². The first-order valence-electron chi connectivity index (χ1n) is 7.51. The highest BCUT2D eigenvalue weighted by Gasteiger charge is 2.13. The topological polar surface area (TPSA) is 45.2 Å². The molecule has 4 nitrogen and oxygen atoms in total. The maximum Gasteiger partial charge on any atom is 0.257 e. The van der Waals surface area contributed by atoms with Gasteiger partial charge in [0.1, 0.15) is 5.82 Å². The van der Waals surface area contributed by atoms with Crippen LogP contribution in [0, 0.1) is 0 Å². The van der Waals surface area contributed by atoms with Crippen molar-refractivity contribution in [3.63, 3.8) is 0 Å². The van der Waals surface area contributed by atoms with Crippen LogP contribution in [0.25, 0.3) is 0 Å². The second-order valence-corrected chi connectivity index (χ2v) is 6.24. The molecule has 5 heteroatoms. The van der Waals surface area contributed by atoms with Crippen LogP contribution >= 0.6 is 15.9 Å². The lowest BCUT2D eigenvalue weighted by molar-refractivity contribution is 0.102. The van der Waals surface area contributed by atoms with Crippen LogP contribution < -0.4 is 10.2 Å². The van der Waals surface area contributed by atoms with Crippen LogP contribution in [-0.2, 0) is 0 Å². The Kier molecular flexibility index (Phi) is 4.73. The van der Waals surface area contributed by atoms with Gasteiger partial charge in [0.2, 0.25) is 0 Å². The van der Waals surface area contributed by atoms with Gasteiger partial charge in [-0.15, -0.1) is 0 Å². The van der Waals surface area contributed by atoms with Crippen molar-refractivity contribution in [2.24, 2.45) is 0 Å². The van der Waals surface area contributed by atoms with Crippen LogP contribution in [-0.4, -0.2) is 24.0 Å². The van der Waals surface area contributed by atoms with E-state index in [1.54, 1.807) is 6.20 Å². The van der Waals surface area contributed by atoms with Crippen molar-refractivity contribution in [2.75, 3.05) is 23.3 Å². The largest absolute Gasteiger partial charge is 0.357 e. The fourth-order valence-corrected chi connectivity index (χ4v) is 2.97. The number of rotatable bonds is 3. The maximum absolute atomic E-state index is 12.3. The number of hydrogen-bond acceptors (Lipinski definition) is 3. The molecule has 1 saturated heterocycles. The van der Waals surface area contributed by atoms with Gasteiger partial charge in [-0.1, -0.05) is 12.1 Å². The van der Waals surface area contributed by atoms with Gasteiger partial charge in [0.15, 0.2) is 0 Å². The number of para-hydroxylation sites is 1. The van der Waals surface area contributed by atoms with Crippen LogP contribution in [0.15, 0.2) is 47.1 Å². The van der Waals surface area contributed by atoms with Gasteiger partial charge in [0, 0.05) is 23.8 Å². The summed E-state index contributed by atoms with van der Waals surface area (Å²) in [6.07, 6.45) is 5.37. The van der Waals surface area contributed by atoms with Gasteiger partial charge in [0.25, 0.3) is 5.91 Å². The number of pyridine rings is 1. The molecule has 1 amide bonds. The lowest BCUT2D eigenvalue weighted by atomic mass is 10.1. The van der Waals surface area contributed by atoms with Crippen molar-refractivity contribution in [1.29, 1.82) is 0 Å². The molecule has 1 N–H and O–H groups in total. The number of anilines is 2. The Labute approximate surface area is 138 Å². The summed E-state index contributed by atoms with van der Waals surface area (Å²) in [6, 6.07) is 11.3. The fraction of sp³-hybridized carbons (Fsp3) is 0.294. The molecule has 0 unspecified atom stereocenters. The number of hydrogen-bond donors (Lipinski definition) is 1. The quantitative estimate of drug-likeness (QED) is 0.897. The molecule has 1 fully saturated rings. The Morgan fingerprint density at radius 1 is 1.09 bits per heavy atom. The third-order valence-electron chi connectivity index (χ3n) is 3.81. The van der Waals surface area contributed by atoms with Gasteiger partial charge in [-0.2, -0.15) is 0 Å². The molecule has 0 atom stereocenters. The lowest BCUT2D eigenvalue weighted by Gasteiger charge is -2.27. The molecule has 2 heterocycles. The third-order valence-corrected chi connectivity index (χ3v) is 4.50. The van der Waals surface area contributed by atoms with E-state index in [0.29, 0.717) is 5.56 Å². The van der Waals surface area contributed by atoms with E-state index >= 15 is 0 Å². The summed E-state index contributed by atoms with van der Waals surface area (Å²) < 4.78 is 0.862. The van der Waals surface area contributed by atoms with Crippen LogP contribution in [0.2, 0.25) is 0 Å². The predicted molar refractivity (Wildman–Crippen MR) is 92.4 cm³/mol. The van der Waals surface area contributed by atoms with E-state index in [1.165, 1.54) is 19.3 Å². The monoisotopic (exact) mass is 359 g/mol. The zero-order valence-corrected chi connectivity index (χ0v) is 13.8. The molecule has 0 aliphatic carbocycles. The van der Waals surface area contributed by atoms with Crippen molar-refractivity contribution < 1.29 is 4.79 Å². The zero-order chi connectivity index (χ0) is 15.4. The normalized spacial score (nSPS) is 14.7. The molecule has 0 bridgehead atoms. The number of nitrogens with zero attached hydrogens (tertiary/aromatic N) is 2. The van der Waals surface area contributed by atoms with Crippen molar-refractivity contribution in [3.05, 3.63) is 52.6 Å². The van der Waals surface area contributed by atoms with Gasteiger partial charge < -0.3 is 10.2 Å². The molecular weight excluding hydrogens is 342 g/mol. The average Bonchev–Trinajstić information content (AvgIpc) is 2.58. The second-order valence-electron chi connectivity index (χ2n) is 5.39. The highest BCUT2D eigenvalue weighted by atomic mass is 79.9. The summed E-state index contributed by atoms with van der Waals surface area (Å²) in [7, 11) is 0. The number of amides is 1. The van der Waals surface area contributed by atoms with E-state index in [-0.39, 0.29) is 5.91 Å². The van der Waals surface area contributed by atoms with Crippen LogP contribution in [0.3, 0.4) is 0 Å². The molecule has 0 spiro atoms. The first-order valence-corrected chi connectivity index (χ1v) is 8.30. The first kappa shape index (κ1) is 15.0. The predicted octanol–water partition coefficient (Wildman–Crippen LogP) is 4.09. The van der Waals surface area contributed by atoms with Crippen LogP contribution in [0.5, 0.6) is 0 Å². The van der Waals surface area contributed by atoms with E-state index in [2.05, 4.69) is 31.1 Å². The Hall–Kier alpha value is -1.88. The van der Waals surface area contributed by atoms with E-state index < -0.39 is 0 Å². The number of piperidine rings is 1. The summed E-state index contributed by atoms with van der Waals surface area (Å²) in [5, 5.41) is 2.89. The number of carbonyl (C=O) groups is 1. The molecule has 1 aromatic heterocycles. The molecule has 0 saturated carbocycles. The number of nitrogens with one attached hydrogen (secondary N) is 1. The molecule has 114 valence electrons. The Morgan fingerprint density at radius 3 is 2.55 bits per heavy atom. The summed E-state index contributed by atoms with van der Waals surface area (Å²) in [5.74, 6) is 0.807. The average molecular weight is 360 g/mol. The zero-order valence-electron chi connectivity index (χ0n) is 12.3. The minimum Gasteiger partial charge on any atom is -0.357 e. The van der Waals surface area contributed by atoms with Crippen LogP contribution in [0.1, 0.15) is 29.6 Å². The number of halogens is 1. The molecule has 1 aliphatic rings. The standard InChI is InChI=1S/C17H18BrN3O/c18-14-6-2-3-7-15(14)20-17(22)13-8-9-16(19-12-13)21-10-4-1-5-11-21/h2-3,6-9,12H,1,4-5,10-11H2,(H,20,22). The first-order chi connectivity index (χ1) is 10.7. The maximum atomic E-state index is 12.3. The Bertz CT molecular complexity index is 651. The van der Waals surface area contributed by atoms with Gasteiger partial charge in [-0.3, -0.25) is 4.79 Å². The SMILES string of the molecule is O=C(Nc1ccccc1Br)c1ccc(N2CCCCC2)nc1. The fourth-order valence-electron chi connectivity index (χ4n) is 2.59. The molecular formula is C17H18BrN3O. The van der Waals surface area contributed by atoms with Crippen molar-refractivity contribution in [3.8, 4) is 0 Å². The number of benzene rings is 1. The molecule has 22 heavy (non-hydrogen) atoms. The summed E-state index contributed by atoms with van der Waals surface area (Å²) in [4.78, 5) is 19.0. The minimum absolute atomic E-state index is 0.149. The Morgan fingerprint density at radius 2 is 1.86 bits per heavy atom. The van der Waals surface area contributed by atoms with Gasteiger partial charge in [0.05, 0.1) is 11.3 Å². The summed E-state index contributed by atoms with van der Waals surface area (Å²) >= 11 is 3.42. The van der Waals surface area contributed by atoms with Gasteiger partial charge in [-0.25, -0.2) is 4.98 Å². The Balaban J connectivity index is 1.69. The highest BCUT2D eigenvalue weighted by Crippen LogP contribution is 2.22. The molecule has 3 rings (SSSR count). The van der Waals surface area contributed by atoms with Crippen LogP contribution in [0.4, 0.5) is 11.5 Å².